The molecule has 0 saturated heterocycles. The second-order valence-corrected chi connectivity index (χ2v) is 3.27. The zero-order valence-electron chi connectivity index (χ0n) is 9.49. The van der Waals surface area contributed by atoms with Gasteiger partial charge in [-0.2, -0.15) is 0 Å². The van der Waals surface area contributed by atoms with E-state index in [1.165, 1.54) is 5.56 Å². The summed E-state index contributed by atoms with van der Waals surface area (Å²) in [7, 11) is 1.71. The van der Waals surface area contributed by atoms with Crippen LogP contribution in [0.25, 0.3) is 0 Å². The van der Waals surface area contributed by atoms with E-state index in [1.54, 1.807) is 7.05 Å². The van der Waals surface area contributed by atoms with Crippen molar-refractivity contribution >= 4 is 11.6 Å². The molecule has 1 aromatic carbocycles. The van der Waals surface area contributed by atoms with Crippen molar-refractivity contribution in [3.8, 4) is 0 Å². The number of aliphatic imine (C=N–C) groups is 1. The number of benzene rings is 1. The van der Waals surface area contributed by atoms with E-state index in [2.05, 4.69) is 48.5 Å². The number of rotatable bonds is 2. The molecular formula is C11H18N4. The zero-order valence-corrected chi connectivity index (χ0v) is 9.49. The Morgan fingerprint density at radius 2 is 2.00 bits per heavy atom. The molecule has 82 valence electrons. The molecule has 0 aliphatic heterocycles. The van der Waals surface area contributed by atoms with Crippen LogP contribution < -0.4 is 16.2 Å². The number of hydrogen-bond acceptors (Lipinski definition) is 2. The summed E-state index contributed by atoms with van der Waals surface area (Å²) in [5.41, 5.74) is 4.92. The highest BCUT2D eigenvalue weighted by Crippen LogP contribution is 2.14. The lowest BCUT2D eigenvalue weighted by Gasteiger charge is -2.23. The van der Waals surface area contributed by atoms with Gasteiger partial charge in [0.05, 0.1) is 0 Å². The highest BCUT2D eigenvalue weighted by molar-refractivity contribution is 5.95. The van der Waals surface area contributed by atoms with Crippen molar-refractivity contribution in [2.45, 2.75) is 13.8 Å². The van der Waals surface area contributed by atoms with Crippen LogP contribution in [0, 0.1) is 6.92 Å². The summed E-state index contributed by atoms with van der Waals surface area (Å²) in [6.07, 6.45) is 0. The van der Waals surface area contributed by atoms with Gasteiger partial charge in [0.1, 0.15) is 0 Å². The first-order valence-corrected chi connectivity index (χ1v) is 5.00. The second-order valence-electron chi connectivity index (χ2n) is 3.27. The molecular weight excluding hydrogens is 188 g/mol. The normalized spacial score (nSPS) is 11.3. The Morgan fingerprint density at radius 3 is 2.40 bits per heavy atom. The van der Waals surface area contributed by atoms with Gasteiger partial charge in [0, 0.05) is 19.3 Å². The molecule has 0 aliphatic rings. The number of aryl methyl sites for hydroxylation is 1. The number of nitrogens with zero attached hydrogens (tertiary/aromatic N) is 2. The maximum atomic E-state index is 5.40. The summed E-state index contributed by atoms with van der Waals surface area (Å²) in [6, 6.07) is 8.26. The van der Waals surface area contributed by atoms with E-state index in [4.69, 9.17) is 5.84 Å². The quantitative estimate of drug-likeness (QED) is 0.331. The molecule has 0 heterocycles. The predicted octanol–water partition coefficient (Wildman–Crippen LogP) is 1.27. The topological polar surface area (TPSA) is 53.6 Å². The molecule has 0 radical (unpaired) electrons. The summed E-state index contributed by atoms with van der Waals surface area (Å²) in [5.74, 6) is 6.07. The minimum Gasteiger partial charge on any atom is -0.312 e. The van der Waals surface area contributed by atoms with Crippen molar-refractivity contribution in [2.75, 3.05) is 18.5 Å². The molecule has 0 unspecified atom stereocenters. The maximum Gasteiger partial charge on any atom is 0.212 e. The van der Waals surface area contributed by atoms with E-state index in [-0.39, 0.29) is 0 Å². The minimum atomic E-state index is 0.668. The van der Waals surface area contributed by atoms with E-state index in [9.17, 15) is 0 Å². The van der Waals surface area contributed by atoms with Crippen molar-refractivity contribution in [2.24, 2.45) is 10.8 Å². The van der Waals surface area contributed by atoms with E-state index in [0.717, 1.165) is 12.2 Å². The summed E-state index contributed by atoms with van der Waals surface area (Å²) < 4.78 is 0. The average molecular weight is 206 g/mol. The first-order valence-electron chi connectivity index (χ1n) is 5.00. The van der Waals surface area contributed by atoms with Crippen molar-refractivity contribution in [3.05, 3.63) is 29.8 Å². The Bertz CT molecular complexity index is 329. The monoisotopic (exact) mass is 206 g/mol. The number of nitrogens with one attached hydrogen (secondary N) is 1. The maximum absolute atomic E-state index is 5.40. The molecule has 0 bridgehead atoms. The van der Waals surface area contributed by atoms with Gasteiger partial charge in [0.2, 0.25) is 5.96 Å². The molecule has 0 amide bonds. The van der Waals surface area contributed by atoms with E-state index in [1.807, 2.05) is 4.90 Å². The van der Waals surface area contributed by atoms with Crippen LogP contribution in [0.3, 0.4) is 0 Å². The summed E-state index contributed by atoms with van der Waals surface area (Å²) in [4.78, 5) is 6.10. The Morgan fingerprint density at radius 1 is 1.40 bits per heavy atom. The van der Waals surface area contributed by atoms with Gasteiger partial charge in [0.25, 0.3) is 0 Å². The highest BCUT2D eigenvalue weighted by atomic mass is 15.4. The SMILES string of the molecule is CCN(C(=NC)NN)c1ccc(C)cc1. The molecule has 3 N–H and O–H groups in total. The van der Waals surface area contributed by atoms with Gasteiger partial charge in [0.15, 0.2) is 0 Å². The minimum absolute atomic E-state index is 0.668. The second kappa shape index (κ2) is 5.36. The Labute approximate surface area is 90.8 Å². The molecule has 1 aromatic rings. The van der Waals surface area contributed by atoms with Crippen LogP contribution in [0.5, 0.6) is 0 Å². The Balaban J connectivity index is 2.97. The van der Waals surface area contributed by atoms with Crippen molar-refractivity contribution < 1.29 is 0 Å². The molecule has 0 spiro atoms. The van der Waals surface area contributed by atoms with E-state index in [0.29, 0.717) is 5.96 Å². The molecule has 0 fully saturated rings. The fourth-order valence-electron chi connectivity index (χ4n) is 1.44. The molecule has 4 nitrogen and oxygen atoms in total. The highest BCUT2D eigenvalue weighted by Gasteiger charge is 2.08. The molecule has 0 aliphatic carbocycles. The van der Waals surface area contributed by atoms with Crippen LogP contribution >= 0.6 is 0 Å². The molecule has 4 heteroatoms. The number of hydrazine groups is 1. The lowest BCUT2D eigenvalue weighted by Crippen LogP contribution is -2.44. The van der Waals surface area contributed by atoms with Gasteiger partial charge in [-0.15, -0.1) is 0 Å². The number of nitrogens with two attached hydrogens (primary N) is 1. The molecule has 0 saturated carbocycles. The van der Waals surface area contributed by atoms with Gasteiger partial charge in [-0.25, -0.2) is 5.84 Å². The standard InChI is InChI=1S/C11H18N4/c1-4-15(11(13-3)14-12)10-7-5-9(2)6-8-10/h5-8H,4,12H2,1-3H3,(H,13,14). The predicted molar refractivity (Wildman–Crippen MR) is 64.9 cm³/mol. The average Bonchev–Trinajstić information content (AvgIpc) is 2.27. The number of guanidine groups is 1. The summed E-state index contributed by atoms with van der Waals surface area (Å²) in [5, 5.41) is 0. The van der Waals surface area contributed by atoms with Gasteiger partial charge in [-0.1, -0.05) is 17.7 Å². The molecule has 15 heavy (non-hydrogen) atoms. The number of hydrogen-bond donors (Lipinski definition) is 2. The molecule has 1 rings (SSSR count). The fourth-order valence-corrected chi connectivity index (χ4v) is 1.44. The Hall–Kier alpha value is -1.55. The summed E-state index contributed by atoms with van der Waals surface area (Å²) >= 11 is 0. The van der Waals surface area contributed by atoms with Crippen molar-refractivity contribution in [3.63, 3.8) is 0 Å². The van der Waals surface area contributed by atoms with Crippen LogP contribution in [-0.4, -0.2) is 19.6 Å². The van der Waals surface area contributed by atoms with Gasteiger partial charge in [-0.05, 0) is 26.0 Å². The first kappa shape index (κ1) is 11.5. The smallest absolute Gasteiger partial charge is 0.212 e. The molecule has 0 atom stereocenters. The third-order valence-electron chi connectivity index (χ3n) is 2.26. The van der Waals surface area contributed by atoms with Crippen LogP contribution in [-0.2, 0) is 0 Å². The van der Waals surface area contributed by atoms with Crippen molar-refractivity contribution in [1.82, 2.24) is 5.43 Å². The van der Waals surface area contributed by atoms with Gasteiger partial charge < -0.3 is 4.90 Å². The van der Waals surface area contributed by atoms with Crippen LogP contribution in [0.15, 0.2) is 29.3 Å². The number of anilines is 1. The van der Waals surface area contributed by atoms with Gasteiger partial charge >= 0.3 is 0 Å². The van der Waals surface area contributed by atoms with Crippen LogP contribution in [0.4, 0.5) is 5.69 Å². The fraction of sp³-hybridized carbons (Fsp3) is 0.364. The van der Waals surface area contributed by atoms with Gasteiger partial charge in [-0.3, -0.25) is 10.4 Å². The zero-order chi connectivity index (χ0) is 11.3. The van der Waals surface area contributed by atoms with E-state index < -0.39 is 0 Å². The third kappa shape index (κ3) is 2.70. The van der Waals surface area contributed by atoms with Crippen LogP contribution in [0.1, 0.15) is 12.5 Å². The lowest BCUT2D eigenvalue weighted by atomic mass is 10.2. The van der Waals surface area contributed by atoms with Crippen LogP contribution in [0.2, 0.25) is 0 Å². The van der Waals surface area contributed by atoms with Crippen molar-refractivity contribution in [1.29, 1.82) is 0 Å². The first-order chi connectivity index (χ1) is 7.22. The molecule has 0 aromatic heterocycles. The van der Waals surface area contributed by atoms with E-state index >= 15 is 0 Å². The lowest BCUT2D eigenvalue weighted by molar-refractivity contribution is 0.928. The Kier molecular flexibility index (Phi) is 4.12. The largest absolute Gasteiger partial charge is 0.312 e. The third-order valence-corrected chi connectivity index (χ3v) is 2.26. The summed E-state index contributed by atoms with van der Waals surface area (Å²) in [6.45, 7) is 4.94.